The molecule has 2 heterocycles. The normalized spacial score (nSPS) is 17.3. The van der Waals surface area contributed by atoms with Crippen LogP contribution in [0.5, 0.6) is 0 Å². The first kappa shape index (κ1) is 19.0. The molecule has 0 fully saturated rings. The average molecular weight is 378 g/mol. The van der Waals surface area contributed by atoms with Gasteiger partial charge in [-0.05, 0) is 36.2 Å². The Hall–Kier alpha value is -1.73. The first-order chi connectivity index (χ1) is 12.3. The summed E-state index contributed by atoms with van der Waals surface area (Å²) >= 11 is 1.64. The molecule has 0 bridgehead atoms. The van der Waals surface area contributed by atoms with Crippen molar-refractivity contribution >= 4 is 27.5 Å². The van der Waals surface area contributed by atoms with Gasteiger partial charge in [-0.25, -0.2) is 4.98 Å². The van der Waals surface area contributed by atoms with Crippen molar-refractivity contribution in [2.24, 2.45) is 11.3 Å². The van der Waals surface area contributed by atoms with E-state index in [1.807, 2.05) is 0 Å². The van der Waals surface area contributed by atoms with Crippen LogP contribution in [0.1, 0.15) is 37.6 Å². The van der Waals surface area contributed by atoms with Gasteiger partial charge < -0.3 is 10.1 Å². The molecule has 0 aromatic carbocycles. The molecule has 26 heavy (non-hydrogen) atoms. The lowest BCUT2D eigenvalue weighted by molar-refractivity contribution is -0.121. The van der Waals surface area contributed by atoms with E-state index in [1.54, 1.807) is 18.4 Å². The van der Waals surface area contributed by atoms with Gasteiger partial charge in [-0.15, -0.1) is 11.3 Å². The topological polar surface area (TPSA) is 73.2 Å². The molecule has 142 valence electrons. The summed E-state index contributed by atoms with van der Waals surface area (Å²) in [5.74, 6) is 0.416. The van der Waals surface area contributed by atoms with Gasteiger partial charge >= 0.3 is 0 Å². The van der Waals surface area contributed by atoms with Crippen molar-refractivity contribution in [1.82, 2.24) is 14.9 Å². The molecule has 0 radical (unpaired) electrons. The maximum Gasteiger partial charge on any atom is 0.262 e. The minimum atomic E-state index is -0.206. The van der Waals surface area contributed by atoms with E-state index in [0.717, 1.165) is 29.7 Å². The van der Waals surface area contributed by atoms with Crippen molar-refractivity contribution in [1.29, 1.82) is 0 Å². The molecule has 7 heteroatoms. The number of thiophene rings is 1. The van der Waals surface area contributed by atoms with Crippen LogP contribution in [0.4, 0.5) is 0 Å². The second-order valence-corrected chi connectivity index (χ2v) is 9.09. The number of methoxy groups -OCH3 is 1. The van der Waals surface area contributed by atoms with E-state index in [0.29, 0.717) is 24.5 Å². The number of fused-ring (bicyclic) bond motifs is 3. The van der Waals surface area contributed by atoms with Gasteiger partial charge in [0, 0.05) is 18.5 Å². The number of nitrogens with one attached hydrogen (secondary N) is 1. The molecule has 1 aliphatic carbocycles. The van der Waals surface area contributed by atoms with Gasteiger partial charge in [0.15, 0.2) is 0 Å². The number of hydrogen-bond acceptors (Lipinski definition) is 5. The van der Waals surface area contributed by atoms with Gasteiger partial charge in [0.1, 0.15) is 11.4 Å². The lowest BCUT2D eigenvalue weighted by Crippen LogP contribution is -2.34. The number of rotatable bonds is 5. The minimum Gasteiger partial charge on any atom is -0.383 e. The molecular formula is C19H27N3O3S. The van der Waals surface area contributed by atoms with Crippen molar-refractivity contribution in [3.8, 4) is 0 Å². The highest BCUT2D eigenvalue weighted by atomic mass is 32.1. The van der Waals surface area contributed by atoms with Crippen LogP contribution in [0, 0.1) is 11.3 Å². The number of aryl methyl sites for hydroxylation is 1. The van der Waals surface area contributed by atoms with E-state index in [-0.39, 0.29) is 23.4 Å². The summed E-state index contributed by atoms with van der Waals surface area (Å²) in [5.41, 5.74) is 1.31. The number of nitrogens with zero attached hydrogens (tertiary/aromatic N) is 2. The lowest BCUT2D eigenvalue weighted by atomic mass is 9.72. The summed E-state index contributed by atoms with van der Waals surface area (Å²) in [6.07, 6.45) is 4.51. The third kappa shape index (κ3) is 3.83. The van der Waals surface area contributed by atoms with Crippen molar-refractivity contribution < 1.29 is 9.53 Å². The summed E-state index contributed by atoms with van der Waals surface area (Å²) in [6, 6.07) is 0. The fourth-order valence-corrected chi connectivity index (χ4v) is 4.81. The third-order valence-electron chi connectivity index (χ3n) is 5.20. The van der Waals surface area contributed by atoms with Gasteiger partial charge in [0.05, 0.1) is 18.3 Å². The molecule has 1 N–H and O–H groups in total. The third-order valence-corrected chi connectivity index (χ3v) is 6.37. The molecule has 0 spiro atoms. The van der Waals surface area contributed by atoms with Gasteiger partial charge in [-0.3, -0.25) is 14.2 Å². The van der Waals surface area contributed by atoms with E-state index in [9.17, 15) is 9.59 Å². The van der Waals surface area contributed by atoms with Crippen molar-refractivity contribution in [2.75, 3.05) is 20.3 Å². The molecule has 1 aliphatic rings. The van der Waals surface area contributed by atoms with Crippen molar-refractivity contribution in [2.45, 2.75) is 46.6 Å². The van der Waals surface area contributed by atoms with Crippen LogP contribution in [0.25, 0.3) is 10.2 Å². The zero-order valence-electron chi connectivity index (χ0n) is 15.9. The molecule has 0 saturated carbocycles. The number of aromatic nitrogens is 2. The zero-order valence-corrected chi connectivity index (χ0v) is 16.7. The maximum absolute atomic E-state index is 12.9. The average Bonchev–Trinajstić information content (AvgIpc) is 2.95. The monoisotopic (exact) mass is 377 g/mol. The Bertz CT molecular complexity index is 863. The zero-order chi connectivity index (χ0) is 18.9. The Morgan fingerprint density at radius 3 is 2.92 bits per heavy atom. The molecule has 0 saturated heterocycles. The number of amides is 1. The van der Waals surface area contributed by atoms with Gasteiger partial charge in [0.25, 0.3) is 5.56 Å². The van der Waals surface area contributed by atoms with E-state index >= 15 is 0 Å². The summed E-state index contributed by atoms with van der Waals surface area (Å²) < 4.78 is 6.32. The number of hydrogen-bond donors (Lipinski definition) is 1. The minimum absolute atomic E-state index is 0.0132. The van der Waals surface area contributed by atoms with E-state index in [4.69, 9.17) is 4.74 Å². The van der Waals surface area contributed by atoms with Crippen LogP contribution >= 0.6 is 11.3 Å². The molecule has 3 rings (SSSR count). The molecular weight excluding hydrogens is 350 g/mol. The highest BCUT2D eigenvalue weighted by molar-refractivity contribution is 7.18. The Kier molecular flexibility index (Phi) is 5.48. The Morgan fingerprint density at radius 2 is 2.23 bits per heavy atom. The number of carbonyl (C=O) groups excluding carboxylic acids is 1. The summed E-state index contributed by atoms with van der Waals surface area (Å²) in [6.45, 7) is 7.71. The first-order valence-corrected chi connectivity index (χ1v) is 9.88. The molecule has 6 nitrogen and oxygen atoms in total. The summed E-state index contributed by atoms with van der Waals surface area (Å²) in [4.78, 5) is 31.5. The van der Waals surface area contributed by atoms with Crippen LogP contribution in [-0.4, -0.2) is 35.7 Å². The highest BCUT2D eigenvalue weighted by Crippen LogP contribution is 2.41. The second-order valence-electron chi connectivity index (χ2n) is 8.01. The smallest absolute Gasteiger partial charge is 0.262 e. The second kappa shape index (κ2) is 7.48. The standard InChI is InChI=1S/C19H27N3O3S/c1-19(2,3)12-5-6-13-14(9-12)26-17-16(13)18(24)22(11-21-17)10-15(23)20-7-8-25-4/h11-12H,5-10H2,1-4H3,(H,20,23)/t12-/m0/s1. The van der Waals surface area contributed by atoms with Crippen LogP contribution in [0.15, 0.2) is 11.1 Å². The molecule has 1 atom stereocenters. The maximum atomic E-state index is 12.9. The SMILES string of the molecule is COCCNC(=O)Cn1cnc2sc3c(c2c1=O)CC[C@H](C(C)(C)C)C3. The molecule has 1 amide bonds. The highest BCUT2D eigenvalue weighted by Gasteiger charge is 2.31. The number of carbonyl (C=O) groups is 1. The van der Waals surface area contributed by atoms with Crippen LogP contribution in [0.3, 0.4) is 0 Å². The van der Waals surface area contributed by atoms with Crippen LogP contribution in [0.2, 0.25) is 0 Å². The van der Waals surface area contributed by atoms with E-state index in [1.165, 1.54) is 15.8 Å². The molecule has 0 unspecified atom stereocenters. The predicted octanol–water partition coefficient (Wildman–Crippen LogP) is 2.37. The Balaban J connectivity index is 1.86. The molecule has 2 aromatic heterocycles. The van der Waals surface area contributed by atoms with Crippen LogP contribution in [-0.2, 0) is 28.9 Å². The van der Waals surface area contributed by atoms with Gasteiger partial charge in [-0.1, -0.05) is 20.8 Å². The largest absolute Gasteiger partial charge is 0.383 e. The van der Waals surface area contributed by atoms with Crippen molar-refractivity contribution in [3.63, 3.8) is 0 Å². The fraction of sp³-hybridized carbons (Fsp3) is 0.632. The van der Waals surface area contributed by atoms with Crippen LogP contribution < -0.4 is 10.9 Å². The quantitative estimate of drug-likeness (QED) is 0.812. The summed E-state index contributed by atoms with van der Waals surface area (Å²) in [5, 5.41) is 3.45. The molecule has 2 aromatic rings. The summed E-state index contributed by atoms with van der Waals surface area (Å²) in [7, 11) is 1.58. The van der Waals surface area contributed by atoms with E-state index in [2.05, 4.69) is 31.1 Å². The van der Waals surface area contributed by atoms with Gasteiger partial charge in [0.2, 0.25) is 5.91 Å². The Morgan fingerprint density at radius 1 is 1.46 bits per heavy atom. The lowest BCUT2D eigenvalue weighted by Gasteiger charge is -2.33. The Labute approximate surface area is 157 Å². The molecule has 0 aliphatic heterocycles. The predicted molar refractivity (Wildman–Crippen MR) is 104 cm³/mol. The number of ether oxygens (including phenoxy) is 1. The van der Waals surface area contributed by atoms with Crippen molar-refractivity contribution in [3.05, 3.63) is 27.1 Å². The van der Waals surface area contributed by atoms with E-state index < -0.39 is 0 Å². The first-order valence-electron chi connectivity index (χ1n) is 9.06. The fourth-order valence-electron chi connectivity index (χ4n) is 3.56. The van der Waals surface area contributed by atoms with Gasteiger partial charge in [-0.2, -0.15) is 0 Å².